The van der Waals surface area contributed by atoms with Crippen molar-refractivity contribution in [2.75, 3.05) is 6.61 Å². The fraction of sp³-hybridized carbons (Fsp3) is 0.300. The Morgan fingerprint density at radius 1 is 1.20 bits per heavy atom. The number of sulfonamides is 1. The molecule has 1 aliphatic rings. The highest BCUT2D eigenvalue weighted by molar-refractivity contribution is 7.92. The van der Waals surface area contributed by atoms with Gasteiger partial charge in [0.15, 0.2) is 0 Å². The van der Waals surface area contributed by atoms with Gasteiger partial charge in [0.1, 0.15) is 5.75 Å². The standard InChI is InChI=1S/C20H23NO3S/c1-15-3-5-17(6-4-15)10-12-25(22,23)21-16(2)13-18-7-8-20-19(14-18)9-11-24-20/h3-8,10,12,14,16,21H,9,11,13H2,1-2H3/b12-10+. The van der Waals surface area contributed by atoms with Crippen molar-refractivity contribution in [3.63, 3.8) is 0 Å². The van der Waals surface area contributed by atoms with E-state index in [1.54, 1.807) is 6.08 Å². The van der Waals surface area contributed by atoms with Crippen molar-refractivity contribution >= 4 is 16.1 Å². The van der Waals surface area contributed by atoms with Crippen LogP contribution in [0.4, 0.5) is 0 Å². The van der Waals surface area contributed by atoms with Crippen LogP contribution >= 0.6 is 0 Å². The molecule has 3 rings (SSSR count). The lowest BCUT2D eigenvalue weighted by Gasteiger charge is -2.13. The summed E-state index contributed by atoms with van der Waals surface area (Å²) in [6.45, 7) is 4.60. The highest BCUT2D eigenvalue weighted by atomic mass is 32.2. The van der Waals surface area contributed by atoms with E-state index in [4.69, 9.17) is 4.74 Å². The van der Waals surface area contributed by atoms with Crippen LogP contribution in [-0.2, 0) is 22.9 Å². The van der Waals surface area contributed by atoms with Gasteiger partial charge < -0.3 is 4.74 Å². The van der Waals surface area contributed by atoms with Crippen LogP contribution in [0.2, 0.25) is 0 Å². The topological polar surface area (TPSA) is 55.4 Å². The van der Waals surface area contributed by atoms with E-state index in [1.807, 2.05) is 50.2 Å². The first-order valence-corrected chi connectivity index (χ1v) is 9.98. The predicted octanol–water partition coefficient (Wildman–Crippen LogP) is 3.45. The lowest BCUT2D eigenvalue weighted by Crippen LogP contribution is -2.32. The summed E-state index contributed by atoms with van der Waals surface area (Å²) < 4.78 is 32.7. The van der Waals surface area contributed by atoms with E-state index in [-0.39, 0.29) is 6.04 Å². The fourth-order valence-corrected chi connectivity index (χ4v) is 3.99. The van der Waals surface area contributed by atoms with Gasteiger partial charge in [-0.15, -0.1) is 0 Å². The number of aryl methyl sites for hydroxylation is 1. The Hall–Kier alpha value is -2.11. The van der Waals surface area contributed by atoms with Gasteiger partial charge in [0.2, 0.25) is 10.0 Å². The van der Waals surface area contributed by atoms with Crippen molar-refractivity contribution in [3.8, 4) is 5.75 Å². The summed E-state index contributed by atoms with van der Waals surface area (Å²) in [6, 6.07) is 13.6. The Morgan fingerprint density at radius 2 is 1.96 bits per heavy atom. The molecule has 0 saturated carbocycles. The molecule has 4 nitrogen and oxygen atoms in total. The molecule has 1 aliphatic heterocycles. The van der Waals surface area contributed by atoms with Crippen LogP contribution in [0, 0.1) is 6.92 Å². The summed E-state index contributed by atoms with van der Waals surface area (Å²) >= 11 is 0. The van der Waals surface area contributed by atoms with Gasteiger partial charge in [-0.3, -0.25) is 0 Å². The average Bonchev–Trinajstić information content (AvgIpc) is 3.01. The van der Waals surface area contributed by atoms with Crippen LogP contribution in [0.5, 0.6) is 5.75 Å². The van der Waals surface area contributed by atoms with Gasteiger partial charge in [-0.05, 0) is 49.1 Å². The summed E-state index contributed by atoms with van der Waals surface area (Å²) in [5, 5.41) is 1.23. The summed E-state index contributed by atoms with van der Waals surface area (Å²) in [5.74, 6) is 0.943. The molecule has 1 N–H and O–H groups in total. The number of ether oxygens (including phenoxy) is 1. The lowest BCUT2D eigenvalue weighted by atomic mass is 10.0. The molecule has 0 amide bonds. The smallest absolute Gasteiger partial charge is 0.233 e. The Balaban J connectivity index is 1.61. The van der Waals surface area contributed by atoms with E-state index < -0.39 is 10.0 Å². The number of fused-ring (bicyclic) bond motifs is 1. The Labute approximate surface area is 149 Å². The Bertz CT molecular complexity index is 870. The number of benzene rings is 2. The zero-order chi connectivity index (χ0) is 17.9. The van der Waals surface area contributed by atoms with E-state index in [2.05, 4.69) is 10.8 Å². The molecule has 2 aromatic rings. The van der Waals surface area contributed by atoms with Gasteiger partial charge in [-0.1, -0.05) is 42.0 Å². The lowest BCUT2D eigenvalue weighted by molar-refractivity contribution is 0.357. The van der Waals surface area contributed by atoms with Crippen molar-refractivity contribution in [2.24, 2.45) is 0 Å². The maximum absolute atomic E-state index is 12.2. The molecule has 0 aromatic heterocycles. The van der Waals surface area contributed by atoms with E-state index >= 15 is 0 Å². The summed E-state index contributed by atoms with van der Waals surface area (Å²) in [4.78, 5) is 0. The minimum absolute atomic E-state index is 0.187. The second-order valence-electron chi connectivity index (χ2n) is 6.52. The predicted molar refractivity (Wildman–Crippen MR) is 101 cm³/mol. The van der Waals surface area contributed by atoms with Crippen LogP contribution in [-0.4, -0.2) is 21.1 Å². The third kappa shape index (κ3) is 4.94. The van der Waals surface area contributed by atoms with Crippen LogP contribution in [0.1, 0.15) is 29.2 Å². The average molecular weight is 357 g/mol. The quantitative estimate of drug-likeness (QED) is 0.861. The molecule has 5 heteroatoms. The van der Waals surface area contributed by atoms with E-state index in [1.165, 1.54) is 11.0 Å². The molecule has 0 radical (unpaired) electrons. The molecule has 1 heterocycles. The normalized spacial score (nSPS) is 15.1. The van der Waals surface area contributed by atoms with Crippen molar-refractivity contribution < 1.29 is 13.2 Å². The number of nitrogens with one attached hydrogen (secondary N) is 1. The minimum atomic E-state index is -3.48. The minimum Gasteiger partial charge on any atom is -0.493 e. The fourth-order valence-electron chi connectivity index (χ4n) is 2.93. The highest BCUT2D eigenvalue weighted by Crippen LogP contribution is 2.26. The van der Waals surface area contributed by atoms with Gasteiger partial charge in [-0.25, -0.2) is 13.1 Å². The molecule has 132 valence electrons. The second-order valence-corrected chi connectivity index (χ2v) is 8.12. The first kappa shape index (κ1) is 17.7. The Kier molecular flexibility index (Phi) is 5.25. The maximum Gasteiger partial charge on any atom is 0.233 e. The summed E-state index contributed by atoms with van der Waals surface area (Å²) in [6.07, 6.45) is 3.18. The highest BCUT2D eigenvalue weighted by Gasteiger charge is 2.15. The van der Waals surface area contributed by atoms with Crippen LogP contribution in [0.3, 0.4) is 0 Å². The maximum atomic E-state index is 12.2. The molecule has 1 atom stereocenters. The Morgan fingerprint density at radius 3 is 2.72 bits per heavy atom. The van der Waals surface area contributed by atoms with Crippen molar-refractivity contribution in [3.05, 3.63) is 70.1 Å². The molecule has 0 aliphatic carbocycles. The number of hydrogen-bond donors (Lipinski definition) is 1. The molecule has 25 heavy (non-hydrogen) atoms. The molecule has 2 aromatic carbocycles. The van der Waals surface area contributed by atoms with Gasteiger partial charge in [0.25, 0.3) is 0 Å². The monoisotopic (exact) mass is 357 g/mol. The zero-order valence-electron chi connectivity index (χ0n) is 14.5. The zero-order valence-corrected chi connectivity index (χ0v) is 15.3. The van der Waals surface area contributed by atoms with Crippen LogP contribution < -0.4 is 9.46 Å². The molecule has 1 unspecified atom stereocenters. The molecular weight excluding hydrogens is 334 g/mol. The largest absolute Gasteiger partial charge is 0.493 e. The molecule has 0 saturated heterocycles. The van der Waals surface area contributed by atoms with Crippen LogP contribution in [0.25, 0.3) is 6.08 Å². The SMILES string of the molecule is Cc1ccc(/C=C/S(=O)(=O)NC(C)Cc2ccc3c(c2)CCO3)cc1. The molecule has 0 bridgehead atoms. The number of rotatable bonds is 6. The van der Waals surface area contributed by atoms with Crippen molar-refractivity contribution in [2.45, 2.75) is 32.7 Å². The number of hydrogen-bond acceptors (Lipinski definition) is 3. The molecule has 0 spiro atoms. The van der Waals surface area contributed by atoms with Crippen LogP contribution in [0.15, 0.2) is 47.9 Å². The van der Waals surface area contributed by atoms with Gasteiger partial charge >= 0.3 is 0 Å². The third-order valence-corrected chi connectivity index (χ3v) is 5.40. The van der Waals surface area contributed by atoms with E-state index in [0.29, 0.717) is 6.42 Å². The first-order chi connectivity index (χ1) is 11.9. The summed E-state index contributed by atoms with van der Waals surface area (Å²) in [5.41, 5.74) is 4.32. The molecule has 0 fully saturated rings. The van der Waals surface area contributed by atoms with E-state index in [0.717, 1.165) is 35.5 Å². The second kappa shape index (κ2) is 7.42. The van der Waals surface area contributed by atoms with Gasteiger partial charge in [0.05, 0.1) is 6.61 Å². The summed E-state index contributed by atoms with van der Waals surface area (Å²) in [7, 11) is -3.48. The third-order valence-electron chi connectivity index (χ3n) is 4.18. The van der Waals surface area contributed by atoms with Gasteiger partial charge in [0, 0.05) is 17.9 Å². The van der Waals surface area contributed by atoms with Crippen molar-refractivity contribution in [1.82, 2.24) is 4.72 Å². The van der Waals surface area contributed by atoms with Crippen molar-refractivity contribution in [1.29, 1.82) is 0 Å². The van der Waals surface area contributed by atoms with Gasteiger partial charge in [-0.2, -0.15) is 0 Å². The van der Waals surface area contributed by atoms with E-state index in [9.17, 15) is 8.42 Å². The molecular formula is C20H23NO3S. The first-order valence-electron chi connectivity index (χ1n) is 8.43.